The Hall–Kier alpha value is -2.64. The molecule has 2 atom stereocenters. The van der Waals surface area contributed by atoms with Gasteiger partial charge in [-0.05, 0) is 35.9 Å². The van der Waals surface area contributed by atoms with Crippen LogP contribution in [0.15, 0.2) is 53.4 Å². The third-order valence-electron chi connectivity index (χ3n) is 4.88. The van der Waals surface area contributed by atoms with Crippen LogP contribution in [-0.2, 0) is 32.2 Å². The molecule has 2 N–H and O–H groups in total. The van der Waals surface area contributed by atoms with Gasteiger partial charge in [-0.25, -0.2) is 17.6 Å². The fourth-order valence-electron chi connectivity index (χ4n) is 3.16. The molecular formula is C20H18F4N2O5S2. The standard InChI is InChI=1S/C20H18F4N2O5S2/c21-14-6-4-12(5-7-14)8-16(19(28)29)25-18(27)17-10-32-11-26(17)33(30,31)15-3-1-2-13(9-15)20(22,23)24/h1-7,9,16-17H,8,10-11H2,(H,25,27)(H,28,29)/t16-,17-/m0/s1. The highest BCUT2D eigenvalue weighted by Gasteiger charge is 2.42. The van der Waals surface area contributed by atoms with Crippen molar-refractivity contribution in [1.29, 1.82) is 0 Å². The Morgan fingerprint density at radius 3 is 2.45 bits per heavy atom. The third-order valence-corrected chi connectivity index (χ3v) is 7.91. The zero-order valence-electron chi connectivity index (χ0n) is 16.8. The fraction of sp³-hybridized carbons (Fsp3) is 0.300. The molecule has 1 heterocycles. The number of aliphatic carboxylic acids is 1. The van der Waals surface area contributed by atoms with Crippen molar-refractivity contribution in [1.82, 2.24) is 9.62 Å². The van der Waals surface area contributed by atoms with Gasteiger partial charge in [0.2, 0.25) is 15.9 Å². The van der Waals surface area contributed by atoms with E-state index in [1.54, 1.807) is 0 Å². The van der Waals surface area contributed by atoms with E-state index in [1.807, 2.05) is 0 Å². The highest BCUT2D eigenvalue weighted by Crippen LogP contribution is 2.33. The molecule has 0 spiro atoms. The van der Waals surface area contributed by atoms with Crippen molar-refractivity contribution < 1.29 is 40.7 Å². The highest BCUT2D eigenvalue weighted by atomic mass is 32.2. The number of nitrogens with zero attached hydrogens (tertiary/aromatic N) is 1. The smallest absolute Gasteiger partial charge is 0.416 e. The predicted octanol–water partition coefficient (Wildman–Crippen LogP) is 2.72. The third kappa shape index (κ3) is 5.84. The van der Waals surface area contributed by atoms with Crippen LogP contribution in [0.5, 0.6) is 0 Å². The molecule has 1 fully saturated rings. The van der Waals surface area contributed by atoms with Crippen molar-refractivity contribution in [3.8, 4) is 0 Å². The van der Waals surface area contributed by atoms with E-state index in [-0.39, 0.29) is 18.1 Å². The quantitative estimate of drug-likeness (QED) is 0.560. The van der Waals surface area contributed by atoms with Crippen molar-refractivity contribution in [2.75, 3.05) is 11.6 Å². The van der Waals surface area contributed by atoms with Gasteiger partial charge in [0.1, 0.15) is 17.9 Å². The van der Waals surface area contributed by atoms with Crippen LogP contribution < -0.4 is 5.32 Å². The van der Waals surface area contributed by atoms with Crippen LogP contribution in [0.4, 0.5) is 17.6 Å². The minimum Gasteiger partial charge on any atom is -0.480 e. The molecular weight excluding hydrogens is 488 g/mol. The highest BCUT2D eigenvalue weighted by molar-refractivity contribution is 8.00. The lowest BCUT2D eigenvalue weighted by molar-refractivity contribution is -0.142. The van der Waals surface area contributed by atoms with E-state index in [4.69, 9.17) is 0 Å². The molecule has 3 rings (SSSR count). The van der Waals surface area contributed by atoms with Gasteiger partial charge in [-0.2, -0.15) is 17.5 Å². The minimum absolute atomic E-state index is 0.00703. The number of carboxylic acid groups (broad SMARTS) is 1. The van der Waals surface area contributed by atoms with Crippen LogP contribution in [0.1, 0.15) is 11.1 Å². The number of carbonyl (C=O) groups excluding carboxylic acids is 1. The summed E-state index contributed by atoms with van der Waals surface area (Å²) in [4.78, 5) is 23.8. The van der Waals surface area contributed by atoms with Crippen LogP contribution >= 0.6 is 11.8 Å². The Bertz CT molecular complexity index is 1140. The monoisotopic (exact) mass is 506 g/mol. The van der Waals surface area contributed by atoms with Gasteiger partial charge in [0.25, 0.3) is 0 Å². The molecule has 178 valence electrons. The molecule has 0 radical (unpaired) electrons. The Morgan fingerprint density at radius 2 is 1.85 bits per heavy atom. The number of amides is 1. The van der Waals surface area contributed by atoms with Crippen molar-refractivity contribution in [2.24, 2.45) is 0 Å². The lowest BCUT2D eigenvalue weighted by Gasteiger charge is -2.24. The van der Waals surface area contributed by atoms with E-state index in [2.05, 4.69) is 5.32 Å². The van der Waals surface area contributed by atoms with Gasteiger partial charge in [-0.15, -0.1) is 11.8 Å². The molecule has 1 aliphatic heterocycles. The number of sulfonamides is 1. The van der Waals surface area contributed by atoms with Gasteiger partial charge in [-0.3, -0.25) is 4.79 Å². The zero-order valence-corrected chi connectivity index (χ0v) is 18.4. The largest absolute Gasteiger partial charge is 0.480 e. The Labute approximate surface area is 190 Å². The summed E-state index contributed by atoms with van der Waals surface area (Å²) in [5.74, 6) is -3.00. The first-order chi connectivity index (χ1) is 15.4. The van der Waals surface area contributed by atoms with Gasteiger partial charge in [-0.1, -0.05) is 18.2 Å². The lowest BCUT2D eigenvalue weighted by Crippen LogP contribution is -2.52. The van der Waals surface area contributed by atoms with E-state index in [0.717, 1.165) is 46.4 Å². The topological polar surface area (TPSA) is 104 Å². The van der Waals surface area contributed by atoms with E-state index in [0.29, 0.717) is 11.6 Å². The van der Waals surface area contributed by atoms with Gasteiger partial charge in [0, 0.05) is 12.2 Å². The zero-order chi connectivity index (χ0) is 24.4. The number of carbonyl (C=O) groups is 2. The van der Waals surface area contributed by atoms with Gasteiger partial charge in [0.05, 0.1) is 16.3 Å². The molecule has 7 nitrogen and oxygen atoms in total. The van der Waals surface area contributed by atoms with Crippen LogP contribution in [0.25, 0.3) is 0 Å². The summed E-state index contributed by atoms with van der Waals surface area (Å²) >= 11 is 1.07. The molecule has 0 unspecified atom stereocenters. The summed E-state index contributed by atoms with van der Waals surface area (Å²) in [6, 6.07) is 5.40. The SMILES string of the molecule is O=C(O)[C@H](Cc1ccc(F)cc1)NC(=O)[C@@H]1CSCN1S(=O)(=O)c1cccc(C(F)(F)F)c1. The molecule has 1 saturated heterocycles. The number of thioether (sulfide) groups is 1. The lowest BCUT2D eigenvalue weighted by atomic mass is 10.1. The van der Waals surface area contributed by atoms with Gasteiger partial charge >= 0.3 is 12.1 Å². The second-order valence-electron chi connectivity index (χ2n) is 7.16. The van der Waals surface area contributed by atoms with Crippen LogP contribution in [0.2, 0.25) is 0 Å². The number of rotatable bonds is 7. The summed E-state index contributed by atoms with van der Waals surface area (Å²) in [5, 5.41) is 11.7. The molecule has 0 aliphatic carbocycles. The van der Waals surface area contributed by atoms with Crippen LogP contribution in [0.3, 0.4) is 0 Å². The Morgan fingerprint density at radius 1 is 1.18 bits per heavy atom. The van der Waals surface area contributed by atoms with Crippen molar-refractivity contribution in [3.63, 3.8) is 0 Å². The summed E-state index contributed by atoms with van der Waals surface area (Å²) < 4.78 is 78.8. The molecule has 0 aromatic heterocycles. The number of benzene rings is 2. The number of halogens is 4. The molecule has 0 bridgehead atoms. The molecule has 1 amide bonds. The Balaban J connectivity index is 1.80. The maximum absolute atomic E-state index is 13.1. The number of carboxylic acids is 1. The summed E-state index contributed by atoms with van der Waals surface area (Å²) in [7, 11) is -4.47. The summed E-state index contributed by atoms with van der Waals surface area (Å²) in [6.45, 7) is 0. The normalized spacial score (nSPS) is 18.1. The molecule has 2 aromatic rings. The Kier molecular flexibility index (Phi) is 7.34. The van der Waals surface area contributed by atoms with E-state index >= 15 is 0 Å². The first kappa shape index (κ1) is 25.0. The maximum atomic E-state index is 13.1. The molecule has 0 saturated carbocycles. The van der Waals surface area contributed by atoms with E-state index in [9.17, 15) is 40.7 Å². The van der Waals surface area contributed by atoms with E-state index in [1.165, 1.54) is 12.1 Å². The number of nitrogens with one attached hydrogen (secondary N) is 1. The first-order valence-corrected chi connectivity index (χ1v) is 12.0. The van der Waals surface area contributed by atoms with E-state index < -0.39 is 56.4 Å². The first-order valence-electron chi connectivity index (χ1n) is 9.44. The summed E-state index contributed by atoms with van der Waals surface area (Å²) in [6.07, 6.45) is -4.93. The van der Waals surface area contributed by atoms with Gasteiger partial charge < -0.3 is 10.4 Å². The predicted molar refractivity (Wildman–Crippen MR) is 111 cm³/mol. The molecule has 13 heteroatoms. The summed E-state index contributed by atoms with van der Waals surface area (Å²) in [5.41, 5.74) is -0.722. The second kappa shape index (κ2) is 9.69. The average molecular weight is 506 g/mol. The number of hydrogen-bond donors (Lipinski definition) is 2. The second-order valence-corrected chi connectivity index (χ2v) is 10.1. The minimum atomic E-state index is -4.75. The maximum Gasteiger partial charge on any atom is 0.416 e. The average Bonchev–Trinajstić information content (AvgIpc) is 3.25. The van der Waals surface area contributed by atoms with Crippen molar-refractivity contribution in [2.45, 2.75) is 29.6 Å². The molecule has 33 heavy (non-hydrogen) atoms. The van der Waals surface area contributed by atoms with Crippen LogP contribution in [-0.4, -0.2) is 53.4 Å². The number of hydrogen-bond acceptors (Lipinski definition) is 5. The molecule has 1 aliphatic rings. The van der Waals surface area contributed by atoms with Crippen molar-refractivity contribution >= 4 is 33.7 Å². The fourth-order valence-corrected chi connectivity index (χ4v) is 6.36. The van der Waals surface area contributed by atoms with Gasteiger partial charge in [0.15, 0.2) is 0 Å². The van der Waals surface area contributed by atoms with Crippen molar-refractivity contribution in [3.05, 3.63) is 65.5 Å². The van der Waals surface area contributed by atoms with Crippen LogP contribution in [0, 0.1) is 5.82 Å². The molecule has 2 aromatic carbocycles. The number of alkyl halides is 3.